The van der Waals surface area contributed by atoms with Gasteiger partial charge in [-0.2, -0.15) is 5.06 Å². The number of aromatic nitrogens is 1. The smallest absolute Gasteiger partial charge is 0.301 e. The Kier molecular flexibility index (Phi) is 3.72. The number of benzene rings is 1. The van der Waals surface area contributed by atoms with Crippen LogP contribution in [0.1, 0.15) is 10.5 Å². The van der Waals surface area contributed by atoms with Gasteiger partial charge >= 0.3 is 5.91 Å². The molecule has 2 rings (SSSR count). The average molecular weight is 255 g/mol. The number of amides is 1. The summed E-state index contributed by atoms with van der Waals surface area (Å²) in [6, 6.07) is 8.89. The van der Waals surface area contributed by atoms with Gasteiger partial charge in [-0.3, -0.25) is 15.4 Å². The van der Waals surface area contributed by atoms with Gasteiger partial charge in [0.2, 0.25) is 5.96 Å². The van der Waals surface area contributed by atoms with E-state index >= 15 is 0 Å². The minimum absolute atomic E-state index is 0. The van der Waals surface area contributed by atoms with Crippen molar-refractivity contribution in [2.45, 2.75) is 0 Å². The molecule has 0 aliphatic rings. The van der Waals surface area contributed by atoms with Crippen molar-refractivity contribution in [3.63, 3.8) is 0 Å². The minimum Gasteiger partial charge on any atom is -0.368 e. The zero-order valence-corrected chi connectivity index (χ0v) is 9.49. The number of nitrogens with one attached hydrogen (secondary N) is 2. The summed E-state index contributed by atoms with van der Waals surface area (Å²) in [4.78, 5) is 14.4. The second-order valence-electron chi connectivity index (χ2n) is 3.27. The summed E-state index contributed by atoms with van der Waals surface area (Å²) in [7, 11) is 0. The summed E-state index contributed by atoms with van der Waals surface area (Å²) in [6.07, 6.45) is 0. The first-order valence-corrected chi connectivity index (χ1v) is 4.54. The standard InChI is InChI=1S/C10H10N4O2.ClH/c11-10(12)14(16)9(15)8-5-6-3-1-2-4-7(6)13-8;/h1-5,13,16H,(H3,11,12);1H. The number of fused-ring (bicyclic) bond motifs is 1. The fraction of sp³-hybridized carbons (Fsp3) is 0. The van der Waals surface area contributed by atoms with E-state index in [-0.39, 0.29) is 23.2 Å². The number of halogens is 1. The van der Waals surface area contributed by atoms with Crippen molar-refractivity contribution in [2.75, 3.05) is 0 Å². The molecule has 0 spiro atoms. The number of carbonyl (C=O) groups excluding carboxylic acids is 1. The van der Waals surface area contributed by atoms with Gasteiger partial charge in [0.25, 0.3) is 0 Å². The zero-order valence-electron chi connectivity index (χ0n) is 8.68. The molecule has 0 bridgehead atoms. The molecule has 0 aliphatic carbocycles. The molecule has 0 fully saturated rings. The van der Waals surface area contributed by atoms with Crippen LogP contribution < -0.4 is 5.73 Å². The highest BCUT2D eigenvalue weighted by Gasteiger charge is 2.17. The predicted octanol–water partition coefficient (Wildman–Crippen LogP) is 1.31. The largest absolute Gasteiger partial charge is 0.368 e. The molecule has 7 heteroatoms. The molecule has 90 valence electrons. The fourth-order valence-corrected chi connectivity index (χ4v) is 1.41. The zero-order chi connectivity index (χ0) is 11.7. The number of nitrogens with two attached hydrogens (primary N) is 1. The monoisotopic (exact) mass is 254 g/mol. The first kappa shape index (κ1) is 13.0. The van der Waals surface area contributed by atoms with Crippen LogP contribution in [0.2, 0.25) is 0 Å². The number of hydrogen-bond donors (Lipinski definition) is 4. The molecule has 6 nitrogen and oxygen atoms in total. The lowest BCUT2D eigenvalue weighted by Gasteiger charge is -2.10. The Morgan fingerprint density at radius 3 is 2.65 bits per heavy atom. The predicted molar refractivity (Wildman–Crippen MR) is 65.4 cm³/mol. The van der Waals surface area contributed by atoms with Crippen molar-refractivity contribution >= 4 is 35.2 Å². The molecule has 0 aliphatic heterocycles. The number of hydrogen-bond acceptors (Lipinski definition) is 3. The van der Waals surface area contributed by atoms with Gasteiger partial charge in [-0.25, -0.2) is 0 Å². The Morgan fingerprint density at radius 1 is 1.41 bits per heavy atom. The van der Waals surface area contributed by atoms with Crippen LogP contribution in [0.15, 0.2) is 30.3 Å². The summed E-state index contributed by atoms with van der Waals surface area (Å²) in [6.45, 7) is 0. The number of guanidine groups is 1. The topological polar surface area (TPSA) is 106 Å². The van der Waals surface area contributed by atoms with E-state index in [1.807, 2.05) is 24.3 Å². The first-order chi connectivity index (χ1) is 7.59. The Labute approximate surface area is 103 Å². The molecule has 1 aromatic heterocycles. The molecular weight excluding hydrogens is 244 g/mol. The van der Waals surface area contributed by atoms with Gasteiger partial charge in [-0.05, 0) is 12.1 Å². The van der Waals surface area contributed by atoms with E-state index in [9.17, 15) is 10.0 Å². The molecule has 1 heterocycles. The normalized spacial score (nSPS) is 9.71. The molecule has 0 radical (unpaired) electrons. The molecule has 0 saturated carbocycles. The number of H-pyrrole nitrogens is 1. The number of carbonyl (C=O) groups is 1. The van der Waals surface area contributed by atoms with E-state index < -0.39 is 11.9 Å². The number of para-hydroxylation sites is 1. The summed E-state index contributed by atoms with van der Waals surface area (Å²) in [5.74, 6) is -1.48. The number of aromatic amines is 1. The Morgan fingerprint density at radius 2 is 2.06 bits per heavy atom. The maximum absolute atomic E-state index is 11.6. The van der Waals surface area contributed by atoms with Crippen molar-refractivity contribution in [2.24, 2.45) is 5.73 Å². The summed E-state index contributed by atoms with van der Waals surface area (Å²) >= 11 is 0. The fourth-order valence-electron chi connectivity index (χ4n) is 1.41. The van der Waals surface area contributed by atoms with Gasteiger partial charge in [0.1, 0.15) is 5.69 Å². The van der Waals surface area contributed by atoms with Gasteiger partial charge < -0.3 is 10.7 Å². The maximum atomic E-state index is 11.6. The highest BCUT2D eigenvalue weighted by atomic mass is 35.5. The third-order valence-corrected chi connectivity index (χ3v) is 2.18. The lowest BCUT2D eigenvalue weighted by Crippen LogP contribution is -2.38. The second kappa shape index (κ2) is 4.86. The SMILES string of the molecule is Cl.N=C(N)N(O)C(=O)c1cc2ccccc2[nH]1. The molecule has 17 heavy (non-hydrogen) atoms. The van der Waals surface area contributed by atoms with Crippen LogP contribution in [-0.2, 0) is 0 Å². The summed E-state index contributed by atoms with van der Waals surface area (Å²) < 4.78 is 0. The molecule has 1 amide bonds. The van der Waals surface area contributed by atoms with Crippen LogP contribution in [-0.4, -0.2) is 27.1 Å². The van der Waals surface area contributed by atoms with Crippen molar-refractivity contribution in [1.29, 1.82) is 5.41 Å². The Bertz CT molecular complexity index is 533. The molecule has 0 saturated heterocycles. The van der Waals surface area contributed by atoms with Gasteiger partial charge in [0.05, 0.1) is 0 Å². The highest BCUT2D eigenvalue weighted by Crippen LogP contribution is 2.15. The van der Waals surface area contributed by atoms with Crippen LogP contribution in [0.3, 0.4) is 0 Å². The van der Waals surface area contributed by atoms with Crippen molar-refractivity contribution in [3.05, 3.63) is 36.0 Å². The molecule has 0 unspecified atom stereocenters. The molecule has 5 N–H and O–H groups in total. The number of rotatable bonds is 1. The highest BCUT2D eigenvalue weighted by molar-refractivity contribution is 6.04. The van der Waals surface area contributed by atoms with Crippen molar-refractivity contribution in [1.82, 2.24) is 10.0 Å². The quantitative estimate of drug-likeness (QED) is 0.267. The third-order valence-electron chi connectivity index (χ3n) is 2.18. The van der Waals surface area contributed by atoms with Crippen LogP contribution in [0.25, 0.3) is 10.9 Å². The average Bonchev–Trinajstić information content (AvgIpc) is 2.70. The second-order valence-corrected chi connectivity index (χ2v) is 3.27. The maximum Gasteiger partial charge on any atom is 0.301 e. The Balaban J connectivity index is 0.00000144. The van der Waals surface area contributed by atoms with Gasteiger partial charge in [-0.1, -0.05) is 18.2 Å². The number of hydroxylamine groups is 2. The van der Waals surface area contributed by atoms with Crippen LogP contribution >= 0.6 is 12.4 Å². The van der Waals surface area contributed by atoms with Crippen LogP contribution in [0, 0.1) is 5.41 Å². The lowest BCUT2D eigenvalue weighted by atomic mass is 10.2. The third kappa shape index (κ3) is 2.38. The van der Waals surface area contributed by atoms with E-state index in [2.05, 4.69) is 4.98 Å². The van der Waals surface area contributed by atoms with E-state index in [4.69, 9.17) is 11.1 Å². The summed E-state index contributed by atoms with van der Waals surface area (Å²) in [5, 5.41) is 17.1. The van der Waals surface area contributed by atoms with Crippen LogP contribution in [0.4, 0.5) is 0 Å². The van der Waals surface area contributed by atoms with E-state index in [1.165, 1.54) is 0 Å². The van der Waals surface area contributed by atoms with Crippen LogP contribution in [0.5, 0.6) is 0 Å². The first-order valence-electron chi connectivity index (χ1n) is 4.54. The number of nitrogens with zero attached hydrogens (tertiary/aromatic N) is 1. The summed E-state index contributed by atoms with van der Waals surface area (Å²) in [5.41, 5.74) is 5.95. The lowest BCUT2D eigenvalue weighted by molar-refractivity contribution is -0.00493. The minimum atomic E-state index is -0.760. The molecule has 0 atom stereocenters. The Hall–Kier alpha value is -2.05. The van der Waals surface area contributed by atoms with Gasteiger partial charge in [0, 0.05) is 10.9 Å². The van der Waals surface area contributed by atoms with Crippen molar-refractivity contribution < 1.29 is 10.0 Å². The molecule has 2 aromatic rings. The van der Waals surface area contributed by atoms with E-state index in [0.717, 1.165) is 10.9 Å². The van der Waals surface area contributed by atoms with Gasteiger partial charge in [-0.15, -0.1) is 12.4 Å². The van der Waals surface area contributed by atoms with E-state index in [0.29, 0.717) is 0 Å². The van der Waals surface area contributed by atoms with Gasteiger partial charge in [0.15, 0.2) is 0 Å². The molecule has 1 aromatic carbocycles. The van der Waals surface area contributed by atoms with Crippen molar-refractivity contribution in [3.8, 4) is 0 Å². The van der Waals surface area contributed by atoms with E-state index in [1.54, 1.807) is 6.07 Å². The molecular formula is C10H11ClN4O2.